The summed E-state index contributed by atoms with van der Waals surface area (Å²) in [6.07, 6.45) is 0.288. The van der Waals surface area contributed by atoms with Crippen LogP contribution < -0.4 is 10.2 Å². The highest BCUT2D eigenvalue weighted by Gasteiger charge is 2.21. The maximum absolute atomic E-state index is 12.4. The Morgan fingerprint density at radius 1 is 0.926 bits per heavy atom. The van der Waals surface area contributed by atoms with E-state index < -0.39 is 0 Å². The Kier molecular flexibility index (Phi) is 6.58. The molecule has 7 heteroatoms. The van der Waals surface area contributed by atoms with Gasteiger partial charge >= 0.3 is 0 Å². The summed E-state index contributed by atoms with van der Waals surface area (Å²) in [5.41, 5.74) is 1.60. The fraction of sp³-hybridized carbons (Fsp3) is 0.300. The van der Waals surface area contributed by atoms with Gasteiger partial charge in [-0.25, -0.2) is 0 Å². The number of hydrogen-bond acceptors (Lipinski definition) is 3. The van der Waals surface area contributed by atoms with E-state index in [2.05, 4.69) is 10.2 Å². The molecule has 0 radical (unpaired) electrons. The van der Waals surface area contributed by atoms with Crippen LogP contribution in [-0.2, 0) is 4.79 Å². The van der Waals surface area contributed by atoms with Gasteiger partial charge in [-0.2, -0.15) is 0 Å². The van der Waals surface area contributed by atoms with Gasteiger partial charge in [0.05, 0.1) is 0 Å². The summed E-state index contributed by atoms with van der Waals surface area (Å²) in [4.78, 5) is 28.5. The number of rotatable bonds is 5. The fourth-order valence-corrected chi connectivity index (χ4v) is 3.34. The number of carbonyl (C=O) groups excluding carboxylic acids is 2. The molecule has 1 fully saturated rings. The fourth-order valence-electron chi connectivity index (χ4n) is 3.03. The highest BCUT2D eigenvalue weighted by atomic mass is 35.5. The van der Waals surface area contributed by atoms with Gasteiger partial charge < -0.3 is 15.1 Å². The second kappa shape index (κ2) is 9.11. The van der Waals surface area contributed by atoms with E-state index in [0.29, 0.717) is 35.2 Å². The van der Waals surface area contributed by atoms with Crippen molar-refractivity contribution in [1.29, 1.82) is 0 Å². The number of nitrogens with one attached hydrogen (secondary N) is 1. The number of hydrogen-bond donors (Lipinski definition) is 1. The first kappa shape index (κ1) is 19.5. The molecule has 2 aromatic rings. The average molecular weight is 406 g/mol. The summed E-state index contributed by atoms with van der Waals surface area (Å²) >= 11 is 11.9. The topological polar surface area (TPSA) is 52.7 Å². The zero-order chi connectivity index (χ0) is 19.2. The van der Waals surface area contributed by atoms with Gasteiger partial charge in [-0.1, -0.05) is 29.3 Å². The Labute approximate surface area is 168 Å². The van der Waals surface area contributed by atoms with E-state index in [4.69, 9.17) is 23.2 Å². The molecule has 1 N–H and O–H groups in total. The summed E-state index contributed by atoms with van der Waals surface area (Å²) in [5.74, 6) is -0.151. The van der Waals surface area contributed by atoms with Crippen molar-refractivity contribution in [2.75, 3.05) is 37.6 Å². The third-order valence-corrected chi connectivity index (χ3v) is 5.02. The van der Waals surface area contributed by atoms with Crippen molar-refractivity contribution in [2.24, 2.45) is 0 Å². The molecule has 0 aromatic heterocycles. The van der Waals surface area contributed by atoms with E-state index in [-0.39, 0.29) is 18.2 Å². The molecule has 0 unspecified atom stereocenters. The van der Waals surface area contributed by atoms with E-state index in [1.54, 1.807) is 24.3 Å². The Bertz CT molecular complexity index is 803. The molecule has 1 heterocycles. The van der Waals surface area contributed by atoms with Crippen molar-refractivity contribution in [3.63, 3.8) is 0 Å². The summed E-state index contributed by atoms with van der Waals surface area (Å²) in [5, 5.41) is 4.07. The molecule has 0 spiro atoms. The lowest BCUT2D eigenvalue weighted by Crippen LogP contribution is -2.49. The predicted molar refractivity (Wildman–Crippen MR) is 109 cm³/mol. The zero-order valence-corrected chi connectivity index (χ0v) is 16.3. The van der Waals surface area contributed by atoms with Crippen molar-refractivity contribution in [3.05, 3.63) is 64.1 Å². The molecule has 0 atom stereocenters. The molecule has 27 heavy (non-hydrogen) atoms. The van der Waals surface area contributed by atoms with Crippen LogP contribution in [0.2, 0.25) is 10.0 Å². The molecule has 0 saturated carbocycles. The second-order valence-corrected chi connectivity index (χ2v) is 7.23. The van der Waals surface area contributed by atoms with Crippen LogP contribution in [0.3, 0.4) is 0 Å². The van der Waals surface area contributed by atoms with Gasteiger partial charge in [-0.15, -0.1) is 0 Å². The molecule has 3 rings (SSSR count). The summed E-state index contributed by atoms with van der Waals surface area (Å²) < 4.78 is 0. The first-order valence-corrected chi connectivity index (χ1v) is 9.60. The second-order valence-electron chi connectivity index (χ2n) is 6.36. The quantitative estimate of drug-likeness (QED) is 0.828. The van der Waals surface area contributed by atoms with E-state index in [9.17, 15) is 9.59 Å². The predicted octanol–water partition coefficient (Wildman–Crippen LogP) is 3.46. The smallest absolute Gasteiger partial charge is 0.251 e. The van der Waals surface area contributed by atoms with Crippen molar-refractivity contribution >= 4 is 40.7 Å². The minimum Gasteiger partial charge on any atom is -0.368 e. The maximum atomic E-state index is 12.4. The monoisotopic (exact) mass is 405 g/mol. The Morgan fingerprint density at radius 3 is 2.30 bits per heavy atom. The third kappa shape index (κ3) is 5.37. The van der Waals surface area contributed by atoms with Crippen LogP contribution >= 0.6 is 23.2 Å². The molecule has 0 aliphatic carbocycles. The van der Waals surface area contributed by atoms with Crippen LogP contribution in [0.4, 0.5) is 5.69 Å². The largest absolute Gasteiger partial charge is 0.368 e. The lowest BCUT2D eigenvalue weighted by Gasteiger charge is -2.36. The van der Waals surface area contributed by atoms with Gasteiger partial charge in [0, 0.05) is 60.4 Å². The van der Waals surface area contributed by atoms with E-state index in [1.165, 1.54) is 0 Å². The van der Waals surface area contributed by atoms with Crippen molar-refractivity contribution in [1.82, 2.24) is 10.2 Å². The summed E-state index contributed by atoms with van der Waals surface area (Å²) in [6, 6.07) is 14.4. The van der Waals surface area contributed by atoms with Crippen molar-refractivity contribution < 1.29 is 9.59 Å². The molecule has 2 amide bonds. The maximum Gasteiger partial charge on any atom is 0.251 e. The molecule has 1 saturated heterocycles. The number of benzene rings is 2. The Hall–Kier alpha value is -2.24. The van der Waals surface area contributed by atoms with Crippen LogP contribution in [0.1, 0.15) is 16.8 Å². The molecule has 0 bridgehead atoms. The Morgan fingerprint density at radius 2 is 1.63 bits per heavy atom. The summed E-state index contributed by atoms with van der Waals surface area (Å²) in [6.45, 7) is 3.17. The zero-order valence-electron chi connectivity index (χ0n) is 14.8. The van der Waals surface area contributed by atoms with Crippen molar-refractivity contribution in [3.8, 4) is 0 Å². The van der Waals surface area contributed by atoms with Crippen molar-refractivity contribution in [2.45, 2.75) is 6.42 Å². The SMILES string of the molecule is O=C(NCCC(=O)N1CCN(c2cccc(Cl)c2)CC1)c1ccc(Cl)cc1. The highest BCUT2D eigenvalue weighted by molar-refractivity contribution is 6.31. The number of anilines is 1. The van der Waals surface area contributed by atoms with Gasteiger partial charge in [-0.05, 0) is 42.5 Å². The van der Waals surface area contributed by atoms with Crippen LogP contribution in [-0.4, -0.2) is 49.4 Å². The molecule has 142 valence electrons. The highest BCUT2D eigenvalue weighted by Crippen LogP contribution is 2.20. The van der Waals surface area contributed by atoms with Gasteiger partial charge in [-0.3, -0.25) is 9.59 Å². The molecule has 1 aliphatic rings. The molecule has 2 aromatic carbocycles. The number of nitrogens with zero attached hydrogens (tertiary/aromatic N) is 2. The number of carbonyl (C=O) groups is 2. The minimum atomic E-state index is -0.203. The van der Waals surface area contributed by atoms with Gasteiger partial charge in [0.1, 0.15) is 0 Å². The lowest BCUT2D eigenvalue weighted by atomic mass is 10.2. The van der Waals surface area contributed by atoms with Crippen LogP contribution in [0.5, 0.6) is 0 Å². The minimum absolute atomic E-state index is 0.0529. The Balaban J connectivity index is 1.42. The molecular formula is C20H21Cl2N3O2. The third-order valence-electron chi connectivity index (χ3n) is 4.54. The summed E-state index contributed by atoms with van der Waals surface area (Å²) in [7, 11) is 0. The molecule has 5 nitrogen and oxygen atoms in total. The van der Waals surface area contributed by atoms with Crippen LogP contribution in [0, 0.1) is 0 Å². The van der Waals surface area contributed by atoms with Crippen LogP contribution in [0.25, 0.3) is 0 Å². The van der Waals surface area contributed by atoms with Gasteiger partial charge in [0.25, 0.3) is 5.91 Å². The van der Waals surface area contributed by atoms with Gasteiger partial charge in [0.2, 0.25) is 5.91 Å². The molecular weight excluding hydrogens is 385 g/mol. The number of halogens is 2. The normalized spacial score (nSPS) is 14.1. The first-order valence-electron chi connectivity index (χ1n) is 8.85. The van der Waals surface area contributed by atoms with E-state index >= 15 is 0 Å². The number of amides is 2. The first-order chi connectivity index (χ1) is 13.0. The van der Waals surface area contributed by atoms with Crippen LogP contribution in [0.15, 0.2) is 48.5 Å². The van der Waals surface area contributed by atoms with E-state index in [1.807, 2.05) is 29.2 Å². The van der Waals surface area contributed by atoms with Gasteiger partial charge in [0.15, 0.2) is 0 Å². The average Bonchev–Trinajstić information content (AvgIpc) is 2.68. The standard InChI is InChI=1S/C20H21Cl2N3O2/c21-16-6-4-15(5-7-16)20(27)23-9-8-19(26)25-12-10-24(11-13-25)18-3-1-2-17(22)14-18/h1-7,14H,8-13H2,(H,23,27). The molecule has 1 aliphatic heterocycles. The lowest BCUT2D eigenvalue weighted by molar-refractivity contribution is -0.131. The number of piperazine rings is 1. The van der Waals surface area contributed by atoms with E-state index in [0.717, 1.165) is 18.8 Å².